The van der Waals surface area contributed by atoms with Crippen LogP contribution in [0.3, 0.4) is 0 Å². The molecule has 1 heterocycles. The Labute approximate surface area is 107 Å². The van der Waals surface area contributed by atoms with Gasteiger partial charge in [0, 0.05) is 13.1 Å². The summed E-state index contributed by atoms with van der Waals surface area (Å²) in [6, 6.07) is 6.24. The molecule has 1 fully saturated rings. The van der Waals surface area contributed by atoms with Gasteiger partial charge in [0.1, 0.15) is 5.75 Å². The second kappa shape index (κ2) is 4.53. The Kier molecular flexibility index (Phi) is 3.35. The lowest BCUT2D eigenvalue weighted by atomic mass is 9.94. The van der Waals surface area contributed by atoms with Crippen molar-refractivity contribution in [2.45, 2.75) is 23.8 Å². The van der Waals surface area contributed by atoms with Crippen LogP contribution in [0.25, 0.3) is 0 Å². The van der Waals surface area contributed by atoms with Gasteiger partial charge in [-0.05, 0) is 30.7 Å². The maximum Gasteiger partial charge on any atom is 0.243 e. The van der Waals surface area contributed by atoms with Crippen molar-refractivity contribution in [1.29, 1.82) is 0 Å². The summed E-state index contributed by atoms with van der Waals surface area (Å²) in [7, 11) is -1.96. The van der Waals surface area contributed by atoms with Gasteiger partial charge in [-0.25, -0.2) is 8.42 Å². The number of hydrogen-bond donors (Lipinski definition) is 1. The van der Waals surface area contributed by atoms with Gasteiger partial charge in [-0.2, -0.15) is 4.31 Å². The number of nitrogens with zero attached hydrogens (tertiary/aromatic N) is 1. The van der Waals surface area contributed by atoms with Crippen LogP contribution in [-0.2, 0) is 10.0 Å². The fourth-order valence-corrected chi connectivity index (χ4v) is 3.50. The molecule has 0 unspecified atom stereocenters. The molecule has 1 aliphatic rings. The molecule has 2 rings (SSSR count). The van der Waals surface area contributed by atoms with E-state index in [2.05, 4.69) is 0 Å². The maximum absolute atomic E-state index is 12.2. The molecule has 0 aliphatic carbocycles. The predicted molar refractivity (Wildman–Crippen MR) is 67.0 cm³/mol. The molecule has 0 spiro atoms. The zero-order valence-electron chi connectivity index (χ0n) is 10.5. The third kappa shape index (κ3) is 2.23. The number of sulfonamides is 1. The Morgan fingerprint density at radius 2 is 1.89 bits per heavy atom. The molecule has 0 atom stereocenters. The molecular weight excluding hydrogens is 254 g/mol. The summed E-state index contributed by atoms with van der Waals surface area (Å²) in [5.41, 5.74) is -0.862. The van der Waals surface area contributed by atoms with E-state index in [9.17, 15) is 13.5 Å². The average Bonchev–Trinajstić information content (AvgIpc) is 2.35. The summed E-state index contributed by atoms with van der Waals surface area (Å²) in [6.07, 6.45) is 0.557. The van der Waals surface area contributed by atoms with Gasteiger partial charge in [0.25, 0.3) is 0 Å². The monoisotopic (exact) mass is 271 g/mol. The quantitative estimate of drug-likeness (QED) is 0.881. The van der Waals surface area contributed by atoms with Crippen molar-refractivity contribution in [3.05, 3.63) is 24.3 Å². The van der Waals surface area contributed by atoms with Crippen LogP contribution in [0.2, 0.25) is 0 Å². The van der Waals surface area contributed by atoms with E-state index >= 15 is 0 Å². The lowest BCUT2D eigenvalue weighted by Crippen LogP contribution is -2.62. The van der Waals surface area contributed by atoms with Crippen molar-refractivity contribution in [3.8, 4) is 5.75 Å². The lowest BCUT2D eigenvalue weighted by Gasteiger charge is -2.44. The Bertz CT molecular complexity index is 518. The first-order valence-electron chi connectivity index (χ1n) is 5.78. The number of hydrogen-bond acceptors (Lipinski definition) is 4. The highest BCUT2D eigenvalue weighted by atomic mass is 32.2. The van der Waals surface area contributed by atoms with Gasteiger partial charge in [0.05, 0.1) is 17.6 Å². The number of β-amino-alcohol motifs (C(OH)–C–C–N with tert-alkyl or cyclic N) is 1. The van der Waals surface area contributed by atoms with Crippen LogP contribution in [0.15, 0.2) is 29.2 Å². The SMILES string of the molecule is CCC1(O)CN(S(=O)(=O)c2ccc(OC)cc2)C1. The second-order valence-electron chi connectivity index (χ2n) is 4.53. The van der Waals surface area contributed by atoms with E-state index in [0.29, 0.717) is 12.2 Å². The molecule has 1 saturated heterocycles. The molecule has 5 nitrogen and oxygen atoms in total. The summed E-state index contributed by atoms with van der Waals surface area (Å²) < 4.78 is 30.7. The van der Waals surface area contributed by atoms with Crippen LogP contribution in [0.4, 0.5) is 0 Å². The van der Waals surface area contributed by atoms with Crippen molar-refractivity contribution in [2.24, 2.45) is 0 Å². The number of methoxy groups -OCH3 is 1. The van der Waals surface area contributed by atoms with Gasteiger partial charge in [-0.3, -0.25) is 0 Å². The molecule has 100 valence electrons. The first kappa shape index (κ1) is 13.3. The Hall–Kier alpha value is -1.11. The molecule has 1 aliphatic heterocycles. The minimum atomic E-state index is -3.49. The number of aliphatic hydroxyl groups is 1. The van der Waals surface area contributed by atoms with Crippen molar-refractivity contribution in [1.82, 2.24) is 4.31 Å². The summed E-state index contributed by atoms with van der Waals surface area (Å²) in [6.45, 7) is 2.17. The fourth-order valence-electron chi connectivity index (χ4n) is 1.90. The van der Waals surface area contributed by atoms with E-state index in [1.807, 2.05) is 6.92 Å². The number of benzene rings is 1. The summed E-state index contributed by atoms with van der Waals surface area (Å²) in [5.74, 6) is 0.614. The van der Waals surface area contributed by atoms with Gasteiger partial charge in [-0.1, -0.05) is 6.92 Å². The molecule has 1 aromatic rings. The fraction of sp³-hybridized carbons (Fsp3) is 0.500. The first-order chi connectivity index (χ1) is 8.41. The van der Waals surface area contributed by atoms with E-state index in [1.54, 1.807) is 12.1 Å². The number of ether oxygens (including phenoxy) is 1. The van der Waals surface area contributed by atoms with Crippen LogP contribution < -0.4 is 4.74 Å². The van der Waals surface area contributed by atoms with Crippen LogP contribution >= 0.6 is 0 Å². The minimum Gasteiger partial charge on any atom is -0.497 e. The Morgan fingerprint density at radius 1 is 1.33 bits per heavy atom. The summed E-state index contributed by atoms with van der Waals surface area (Å²) in [4.78, 5) is 0.224. The van der Waals surface area contributed by atoms with Gasteiger partial charge in [0.2, 0.25) is 10.0 Å². The molecule has 18 heavy (non-hydrogen) atoms. The molecule has 1 N–H and O–H groups in total. The standard InChI is InChI=1S/C12H17NO4S/c1-3-12(14)8-13(9-12)18(15,16)11-6-4-10(17-2)5-7-11/h4-7,14H,3,8-9H2,1-2H3. The number of rotatable bonds is 4. The summed E-state index contributed by atoms with van der Waals surface area (Å²) >= 11 is 0. The van der Waals surface area contributed by atoms with Gasteiger partial charge < -0.3 is 9.84 Å². The van der Waals surface area contributed by atoms with Gasteiger partial charge in [-0.15, -0.1) is 0 Å². The maximum atomic E-state index is 12.2. The van der Waals surface area contributed by atoms with E-state index in [0.717, 1.165) is 0 Å². The molecule has 0 bridgehead atoms. The highest BCUT2D eigenvalue weighted by Crippen LogP contribution is 2.30. The molecule has 0 amide bonds. The normalized spacial score (nSPS) is 19.3. The largest absolute Gasteiger partial charge is 0.497 e. The molecule has 6 heteroatoms. The smallest absolute Gasteiger partial charge is 0.243 e. The van der Waals surface area contributed by atoms with Crippen LogP contribution in [-0.4, -0.2) is 43.6 Å². The predicted octanol–water partition coefficient (Wildman–Crippen LogP) is 0.841. The van der Waals surface area contributed by atoms with Crippen LogP contribution in [0.5, 0.6) is 5.75 Å². The van der Waals surface area contributed by atoms with Crippen LogP contribution in [0, 0.1) is 0 Å². The first-order valence-corrected chi connectivity index (χ1v) is 7.22. The Balaban J connectivity index is 2.17. The van der Waals surface area contributed by atoms with E-state index in [4.69, 9.17) is 4.74 Å². The molecule has 0 radical (unpaired) electrons. The molecule has 1 aromatic carbocycles. The van der Waals surface area contributed by atoms with Crippen LogP contribution in [0.1, 0.15) is 13.3 Å². The lowest BCUT2D eigenvalue weighted by molar-refractivity contribution is -0.0613. The van der Waals surface area contributed by atoms with Crippen molar-refractivity contribution in [2.75, 3.05) is 20.2 Å². The molecule has 0 aromatic heterocycles. The second-order valence-corrected chi connectivity index (χ2v) is 6.46. The summed E-state index contributed by atoms with van der Waals surface area (Å²) in [5, 5.41) is 9.86. The topological polar surface area (TPSA) is 66.8 Å². The van der Waals surface area contributed by atoms with E-state index in [-0.39, 0.29) is 18.0 Å². The Morgan fingerprint density at radius 3 is 2.33 bits per heavy atom. The molecule has 0 saturated carbocycles. The van der Waals surface area contributed by atoms with Gasteiger partial charge in [0.15, 0.2) is 0 Å². The molecular formula is C12H17NO4S. The third-order valence-corrected chi connectivity index (χ3v) is 5.10. The van der Waals surface area contributed by atoms with E-state index < -0.39 is 15.6 Å². The third-order valence-electron chi connectivity index (χ3n) is 3.30. The van der Waals surface area contributed by atoms with E-state index in [1.165, 1.54) is 23.5 Å². The van der Waals surface area contributed by atoms with Gasteiger partial charge >= 0.3 is 0 Å². The zero-order chi connectivity index (χ0) is 13.4. The average molecular weight is 271 g/mol. The van der Waals surface area contributed by atoms with Crippen molar-refractivity contribution < 1.29 is 18.3 Å². The van der Waals surface area contributed by atoms with Crippen molar-refractivity contribution >= 4 is 10.0 Å². The highest BCUT2D eigenvalue weighted by molar-refractivity contribution is 7.89. The highest BCUT2D eigenvalue weighted by Gasteiger charge is 2.45. The van der Waals surface area contributed by atoms with Crippen molar-refractivity contribution in [3.63, 3.8) is 0 Å². The zero-order valence-corrected chi connectivity index (χ0v) is 11.3. The minimum absolute atomic E-state index is 0.165.